The van der Waals surface area contributed by atoms with Crippen LogP contribution in [-0.4, -0.2) is 17.0 Å². The van der Waals surface area contributed by atoms with Crippen molar-refractivity contribution in [1.82, 2.24) is 0 Å². The Hall–Kier alpha value is -2.04. The highest BCUT2D eigenvalue weighted by atomic mass is 35.5. The molecular formula is C15H11Cl2NO3. The van der Waals surface area contributed by atoms with E-state index in [1.807, 2.05) is 0 Å². The van der Waals surface area contributed by atoms with E-state index in [1.165, 1.54) is 12.1 Å². The molecule has 0 aliphatic heterocycles. The van der Waals surface area contributed by atoms with E-state index in [0.29, 0.717) is 10.7 Å². The van der Waals surface area contributed by atoms with Crippen LogP contribution in [0.2, 0.25) is 10.0 Å². The van der Waals surface area contributed by atoms with Gasteiger partial charge >= 0.3 is 5.97 Å². The molecule has 0 spiro atoms. The van der Waals surface area contributed by atoms with E-state index in [4.69, 9.17) is 28.3 Å². The summed E-state index contributed by atoms with van der Waals surface area (Å²) in [6, 6.07) is 11.2. The van der Waals surface area contributed by atoms with Gasteiger partial charge in [0.15, 0.2) is 0 Å². The Labute approximate surface area is 131 Å². The van der Waals surface area contributed by atoms with Gasteiger partial charge in [-0.1, -0.05) is 35.3 Å². The summed E-state index contributed by atoms with van der Waals surface area (Å²) in [5.41, 5.74) is 1.14. The van der Waals surface area contributed by atoms with E-state index >= 15 is 0 Å². The molecule has 0 saturated heterocycles. The first-order valence-electron chi connectivity index (χ1n) is 6.03. The van der Waals surface area contributed by atoms with Gasteiger partial charge in [-0.15, -0.1) is 0 Å². The molecule has 0 aromatic heterocycles. The first kappa shape index (κ1) is 15.4. The van der Waals surface area contributed by atoms with Gasteiger partial charge in [0.25, 0.3) is 0 Å². The Bertz CT molecular complexity index is 684. The van der Waals surface area contributed by atoms with Crippen molar-refractivity contribution in [1.29, 1.82) is 0 Å². The fraction of sp³-hybridized carbons (Fsp3) is 0.0667. The van der Waals surface area contributed by atoms with Crippen LogP contribution in [0.25, 0.3) is 0 Å². The Morgan fingerprint density at radius 2 is 1.71 bits per heavy atom. The number of benzene rings is 2. The molecule has 0 radical (unpaired) electrons. The molecule has 0 bridgehead atoms. The number of hydrogen-bond acceptors (Lipinski definition) is 2. The molecule has 2 aromatic rings. The number of carbonyl (C=O) groups excluding carboxylic acids is 1. The average molecular weight is 324 g/mol. The molecule has 1 amide bonds. The molecule has 4 nitrogen and oxygen atoms in total. The van der Waals surface area contributed by atoms with E-state index in [9.17, 15) is 9.59 Å². The lowest BCUT2D eigenvalue weighted by Crippen LogP contribution is -2.14. The fourth-order valence-corrected chi connectivity index (χ4v) is 2.08. The highest BCUT2D eigenvalue weighted by Crippen LogP contribution is 2.21. The summed E-state index contributed by atoms with van der Waals surface area (Å²) in [7, 11) is 0. The Morgan fingerprint density at radius 1 is 1.05 bits per heavy atom. The lowest BCUT2D eigenvalue weighted by Gasteiger charge is -2.07. The topological polar surface area (TPSA) is 66.4 Å². The third-order valence-corrected chi connectivity index (χ3v) is 3.34. The number of amides is 1. The van der Waals surface area contributed by atoms with Gasteiger partial charge in [-0.25, -0.2) is 4.79 Å². The number of halogens is 2. The molecule has 6 heteroatoms. The van der Waals surface area contributed by atoms with Crippen LogP contribution >= 0.6 is 23.2 Å². The minimum atomic E-state index is -1.14. The van der Waals surface area contributed by atoms with Crippen LogP contribution in [0.4, 0.5) is 5.69 Å². The molecule has 2 aromatic carbocycles. The molecule has 0 aliphatic rings. The molecule has 0 unspecified atom stereocenters. The Morgan fingerprint density at radius 3 is 2.33 bits per heavy atom. The molecule has 2 N–H and O–H groups in total. The van der Waals surface area contributed by atoms with Gasteiger partial charge in [0, 0.05) is 10.7 Å². The van der Waals surface area contributed by atoms with Crippen LogP contribution in [0.1, 0.15) is 15.9 Å². The minimum absolute atomic E-state index is 0.0547. The molecule has 0 saturated carbocycles. The van der Waals surface area contributed by atoms with Gasteiger partial charge in [-0.05, 0) is 35.9 Å². The zero-order chi connectivity index (χ0) is 15.4. The van der Waals surface area contributed by atoms with Crippen molar-refractivity contribution in [3.8, 4) is 0 Å². The number of hydrogen-bond donors (Lipinski definition) is 2. The maximum Gasteiger partial charge on any atom is 0.337 e. The summed E-state index contributed by atoms with van der Waals surface area (Å²) in [6.07, 6.45) is 0.169. The fourth-order valence-electron chi connectivity index (χ4n) is 1.76. The van der Waals surface area contributed by atoms with Gasteiger partial charge in [-0.3, -0.25) is 4.79 Å². The van der Waals surface area contributed by atoms with Crippen molar-refractivity contribution in [2.75, 3.05) is 5.32 Å². The summed E-state index contributed by atoms with van der Waals surface area (Å²) in [4.78, 5) is 22.9. The van der Waals surface area contributed by atoms with Crippen LogP contribution in [0.5, 0.6) is 0 Å². The van der Waals surface area contributed by atoms with Crippen molar-refractivity contribution in [3.05, 3.63) is 63.6 Å². The third-order valence-electron chi connectivity index (χ3n) is 2.76. The maximum atomic E-state index is 11.9. The van der Waals surface area contributed by atoms with Crippen molar-refractivity contribution in [3.63, 3.8) is 0 Å². The first-order chi connectivity index (χ1) is 9.95. The van der Waals surface area contributed by atoms with Gasteiger partial charge < -0.3 is 10.4 Å². The summed E-state index contributed by atoms with van der Waals surface area (Å²) in [5.74, 6) is -1.40. The van der Waals surface area contributed by atoms with Crippen LogP contribution in [0.15, 0.2) is 42.5 Å². The highest BCUT2D eigenvalue weighted by Gasteiger charge is 2.11. The molecule has 0 heterocycles. The van der Waals surface area contributed by atoms with Crippen molar-refractivity contribution < 1.29 is 14.7 Å². The molecule has 0 aliphatic carbocycles. The number of carboxylic acids is 1. The van der Waals surface area contributed by atoms with Gasteiger partial charge in [0.2, 0.25) is 5.91 Å². The van der Waals surface area contributed by atoms with Crippen LogP contribution in [0.3, 0.4) is 0 Å². The van der Waals surface area contributed by atoms with Gasteiger partial charge in [0.1, 0.15) is 0 Å². The predicted molar refractivity (Wildman–Crippen MR) is 82.2 cm³/mol. The standard InChI is InChI=1S/C15H11Cl2NO3/c16-10-3-1-9(2-4-10)7-14(19)18-11-5-6-13(17)12(8-11)15(20)21/h1-6,8H,7H2,(H,18,19)(H,20,21). The minimum Gasteiger partial charge on any atom is -0.478 e. The number of anilines is 1. The second-order valence-corrected chi connectivity index (χ2v) is 5.19. The van der Waals surface area contributed by atoms with E-state index in [0.717, 1.165) is 5.56 Å². The largest absolute Gasteiger partial charge is 0.478 e. The lowest BCUT2D eigenvalue weighted by atomic mass is 10.1. The number of rotatable bonds is 4. The van der Waals surface area contributed by atoms with E-state index in [1.54, 1.807) is 30.3 Å². The van der Waals surface area contributed by atoms with Crippen LogP contribution < -0.4 is 5.32 Å². The highest BCUT2D eigenvalue weighted by molar-refractivity contribution is 6.33. The van der Waals surface area contributed by atoms with Gasteiger partial charge in [-0.2, -0.15) is 0 Å². The van der Waals surface area contributed by atoms with E-state index in [2.05, 4.69) is 5.32 Å². The summed E-state index contributed by atoms with van der Waals surface area (Å²) in [6.45, 7) is 0. The number of carboxylic acid groups (broad SMARTS) is 1. The SMILES string of the molecule is O=C(Cc1ccc(Cl)cc1)Nc1ccc(Cl)c(C(=O)O)c1. The maximum absolute atomic E-state index is 11.9. The van der Waals surface area contributed by atoms with E-state index < -0.39 is 5.97 Å². The Balaban J connectivity index is 2.07. The number of aromatic carboxylic acids is 1. The summed E-state index contributed by atoms with van der Waals surface area (Å²) in [5, 5.41) is 12.3. The third kappa shape index (κ3) is 4.21. The van der Waals surface area contributed by atoms with Crippen LogP contribution in [-0.2, 0) is 11.2 Å². The molecule has 0 atom stereocenters. The van der Waals surface area contributed by atoms with E-state index in [-0.39, 0.29) is 22.9 Å². The normalized spacial score (nSPS) is 10.2. The number of carbonyl (C=O) groups is 2. The first-order valence-corrected chi connectivity index (χ1v) is 6.78. The smallest absolute Gasteiger partial charge is 0.337 e. The lowest BCUT2D eigenvalue weighted by molar-refractivity contribution is -0.115. The van der Waals surface area contributed by atoms with Crippen molar-refractivity contribution in [2.45, 2.75) is 6.42 Å². The molecule has 21 heavy (non-hydrogen) atoms. The zero-order valence-electron chi connectivity index (χ0n) is 10.8. The second-order valence-electron chi connectivity index (χ2n) is 4.35. The number of nitrogens with one attached hydrogen (secondary N) is 1. The monoisotopic (exact) mass is 323 g/mol. The van der Waals surface area contributed by atoms with Crippen molar-refractivity contribution in [2.24, 2.45) is 0 Å². The summed E-state index contributed by atoms with van der Waals surface area (Å²) >= 11 is 11.5. The van der Waals surface area contributed by atoms with Crippen LogP contribution in [0, 0.1) is 0 Å². The molecular weight excluding hydrogens is 313 g/mol. The second kappa shape index (κ2) is 6.61. The average Bonchev–Trinajstić information content (AvgIpc) is 2.43. The Kier molecular flexibility index (Phi) is 4.83. The van der Waals surface area contributed by atoms with Gasteiger partial charge in [0.05, 0.1) is 17.0 Å². The molecule has 108 valence electrons. The predicted octanol–water partition coefficient (Wildman–Crippen LogP) is 3.87. The van der Waals surface area contributed by atoms with Crippen molar-refractivity contribution >= 4 is 40.8 Å². The molecule has 2 rings (SSSR count). The summed E-state index contributed by atoms with van der Waals surface area (Å²) < 4.78 is 0. The quantitative estimate of drug-likeness (QED) is 0.897. The molecule has 0 fully saturated rings. The zero-order valence-corrected chi connectivity index (χ0v) is 12.3.